The number of rotatable bonds is 0. The summed E-state index contributed by atoms with van der Waals surface area (Å²) in [6.45, 7) is 13.6. The number of halogens is 2. The standard InChI is InChI=1S/C21H25.C5H5.2BrH.Zr/c1-20(2,3)16-9-7-14-11-15-8-10-17(21(4,5)6)13-19(15)18(14)12-16;1-2-4-5-3-1;;;/h7,9-10,12-13H,11H2,1-6H3;1-5H;2*1H;/q2*-1;;;+4/p-2. The first-order valence-electron chi connectivity index (χ1n) is 9.52. The van der Waals surface area contributed by atoms with Crippen molar-refractivity contribution in [3.8, 4) is 11.1 Å². The first-order valence-corrected chi connectivity index (χ1v) is 9.52. The molecule has 0 aliphatic heterocycles. The fourth-order valence-corrected chi connectivity index (χ4v) is 3.31. The Bertz CT molecular complexity index is 803. The summed E-state index contributed by atoms with van der Waals surface area (Å²) in [6, 6.07) is 25.1. The molecule has 0 unspecified atom stereocenters. The molecular formula is C26H30Br2Zr. The quantitative estimate of drug-likeness (QED) is 0.268. The van der Waals surface area contributed by atoms with E-state index in [1.165, 1.54) is 33.4 Å². The molecule has 0 saturated heterocycles. The van der Waals surface area contributed by atoms with Crippen LogP contribution in [0.4, 0.5) is 0 Å². The Labute approximate surface area is 217 Å². The third kappa shape index (κ3) is 7.08. The third-order valence-electron chi connectivity index (χ3n) is 5.08. The molecule has 0 aromatic heterocycles. The molecule has 0 radical (unpaired) electrons. The molecule has 0 atom stereocenters. The van der Waals surface area contributed by atoms with Gasteiger partial charge in [-0.15, -0.1) is 5.56 Å². The molecule has 29 heavy (non-hydrogen) atoms. The number of benzene rings is 2. The van der Waals surface area contributed by atoms with Crippen molar-refractivity contribution in [3.63, 3.8) is 0 Å². The summed E-state index contributed by atoms with van der Waals surface area (Å²) in [4.78, 5) is 0. The zero-order valence-electron chi connectivity index (χ0n) is 18.2. The van der Waals surface area contributed by atoms with Crippen molar-refractivity contribution >= 4 is 0 Å². The molecule has 3 heteroatoms. The molecule has 152 valence electrons. The van der Waals surface area contributed by atoms with Gasteiger partial charge in [0.2, 0.25) is 0 Å². The van der Waals surface area contributed by atoms with Crippen LogP contribution in [-0.2, 0) is 43.5 Å². The maximum atomic E-state index is 3.53. The molecule has 0 bridgehead atoms. The van der Waals surface area contributed by atoms with Gasteiger partial charge in [0.1, 0.15) is 0 Å². The number of hydrogen-bond donors (Lipinski definition) is 0. The first-order chi connectivity index (χ1) is 12.2. The molecule has 1 aliphatic rings. The smallest absolute Gasteiger partial charge is 1.00 e. The largest absolute Gasteiger partial charge is 4.00 e. The van der Waals surface area contributed by atoms with E-state index >= 15 is 0 Å². The summed E-state index contributed by atoms with van der Waals surface area (Å²) < 4.78 is 0. The van der Waals surface area contributed by atoms with Crippen LogP contribution in [0.1, 0.15) is 63.8 Å². The molecule has 0 amide bonds. The molecule has 4 rings (SSSR count). The molecule has 0 heterocycles. The molecule has 0 nitrogen and oxygen atoms in total. The molecule has 3 aromatic carbocycles. The maximum Gasteiger partial charge on any atom is 4.00 e. The van der Waals surface area contributed by atoms with Crippen LogP contribution in [-0.4, -0.2) is 0 Å². The minimum Gasteiger partial charge on any atom is -1.00 e. The Morgan fingerprint density at radius 1 is 0.793 bits per heavy atom. The van der Waals surface area contributed by atoms with Gasteiger partial charge in [-0.3, -0.25) is 0 Å². The van der Waals surface area contributed by atoms with E-state index in [1.54, 1.807) is 0 Å². The van der Waals surface area contributed by atoms with Gasteiger partial charge in [-0.1, -0.05) is 76.3 Å². The summed E-state index contributed by atoms with van der Waals surface area (Å²) in [5.41, 5.74) is 8.76. The molecule has 1 aliphatic carbocycles. The van der Waals surface area contributed by atoms with Gasteiger partial charge in [-0.05, 0) is 17.4 Å². The van der Waals surface area contributed by atoms with Crippen molar-refractivity contribution in [2.45, 2.75) is 58.8 Å². The zero-order chi connectivity index (χ0) is 18.9. The van der Waals surface area contributed by atoms with E-state index < -0.39 is 0 Å². The van der Waals surface area contributed by atoms with Crippen LogP contribution in [0.5, 0.6) is 0 Å². The van der Waals surface area contributed by atoms with Gasteiger partial charge in [0.05, 0.1) is 0 Å². The van der Waals surface area contributed by atoms with Crippen LogP contribution < -0.4 is 34.0 Å². The summed E-state index contributed by atoms with van der Waals surface area (Å²) in [7, 11) is 0. The van der Waals surface area contributed by atoms with Crippen molar-refractivity contribution in [2.75, 3.05) is 0 Å². The van der Waals surface area contributed by atoms with Crippen LogP contribution in [0.25, 0.3) is 11.1 Å². The van der Waals surface area contributed by atoms with Crippen molar-refractivity contribution < 1.29 is 60.2 Å². The van der Waals surface area contributed by atoms with Crippen molar-refractivity contribution in [1.82, 2.24) is 0 Å². The monoisotopic (exact) mass is 590 g/mol. The van der Waals surface area contributed by atoms with E-state index in [0.29, 0.717) is 0 Å². The molecule has 0 fully saturated rings. The van der Waals surface area contributed by atoms with Gasteiger partial charge in [-0.2, -0.15) is 47.5 Å². The zero-order valence-corrected chi connectivity index (χ0v) is 23.9. The molecule has 0 spiro atoms. The van der Waals surface area contributed by atoms with E-state index in [2.05, 4.69) is 77.9 Å². The average molecular weight is 594 g/mol. The third-order valence-corrected chi connectivity index (χ3v) is 5.08. The summed E-state index contributed by atoms with van der Waals surface area (Å²) >= 11 is 0. The van der Waals surface area contributed by atoms with Crippen LogP contribution in [0.3, 0.4) is 0 Å². The van der Waals surface area contributed by atoms with E-state index in [0.717, 1.165) is 6.42 Å². The Morgan fingerprint density at radius 2 is 1.34 bits per heavy atom. The molecule has 0 saturated carbocycles. The second-order valence-electron chi connectivity index (χ2n) is 9.29. The van der Waals surface area contributed by atoms with Gasteiger partial charge in [0.25, 0.3) is 0 Å². The summed E-state index contributed by atoms with van der Waals surface area (Å²) in [6.07, 6.45) is 1.03. The van der Waals surface area contributed by atoms with Crippen molar-refractivity contribution in [1.29, 1.82) is 0 Å². The fourth-order valence-electron chi connectivity index (χ4n) is 3.31. The predicted molar refractivity (Wildman–Crippen MR) is 113 cm³/mol. The molecule has 3 aromatic rings. The number of hydrogen-bond acceptors (Lipinski definition) is 0. The summed E-state index contributed by atoms with van der Waals surface area (Å²) in [5.74, 6) is 0. The number of fused-ring (bicyclic) bond motifs is 3. The minimum atomic E-state index is 0. The van der Waals surface area contributed by atoms with E-state index in [9.17, 15) is 0 Å². The van der Waals surface area contributed by atoms with Crippen LogP contribution in [0, 0.1) is 6.07 Å². The Morgan fingerprint density at radius 3 is 1.83 bits per heavy atom. The second-order valence-corrected chi connectivity index (χ2v) is 9.29. The van der Waals surface area contributed by atoms with Gasteiger partial charge >= 0.3 is 26.2 Å². The normalized spacial score (nSPS) is 11.5. The fraction of sp³-hybridized carbons (Fsp3) is 0.346. The summed E-state index contributed by atoms with van der Waals surface area (Å²) in [5, 5.41) is 0. The van der Waals surface area contributed by atoms with Crippen molar-refractivity contribution in [3.05, 3.63) is 89.0 Å². The van der Waals surface area contributed by atoms with E-state index in [1.807, 2.05) is 30.3 Å². The maximum absolute atomic E-state index is 3.53. The van der Waals surface area contributed by atoms with E-state index in [-0.39, 0.29) is 71.0 Å². The Balaban J connectivity index is 0.000000863. The first kappa shape index (κ1) is 28.6. The Hall–Kier alpha value is -0.367. The van der Waals surface area contributed by atoms with Crippen LogP contribution >= 0.6 is 0 Å². The second kappa shape index (κ2) is 11.3. The van der Waals surface area contributed by atoms with Gasteiger partial charge in [0, 0.05) is 0 Å². The van der Waals surface area contributed by atoms with Gasteiger partial charge < -0.3 is 34.0 Å². The average Bonchev–Trinajstić information content (AvgIpc) is 3.23. The molecule has 0 N–H and O–H groups in total. The van der Waals surface area contributed by atoms with Gasteiger partial charge in [0.15, 0.2) is 0 Å². The topological polar surface area (TPSA) is 0 Å². The van der Waals surface area contributed by atoms with Crippen molar-refractivity contribution in [2.24, 2.45) is 0 Å². The van der Waals surface area contributed by atoms with Crippen LogP contribution in [0.15, 0.2) is 60.7 Å². The molecular weight excluding hydrogens is 563 g/mol. The minimum absolute atomic E-state index is 0. The predicted octanol–water partition coefficient (Wildman–Crippen LogP) is 1.06. The Kier molecular flexibility index (Phi) is 11.2. The SMILES string of the molecule is CC(C)(C)c1c[c-]c2c(c1)-c1cc(C(C)(C)C)ccc1C2.[Br-].[Br-].[Zr+4].c1cc[cH-]c1. The van der Waals surface area contributed by atoms with Gasteiger partial charge in [-0.25, -0.2) is 12.1 Å². The van der Waals surface area contributed by atoms with E-state index in [4.69, 9.17) is 0 Å². The van der Waals surface area contributed by atoms with Crippen LogP contribution in [0.2, 0.25) is 0 Å².